The predicted molar refractivity (Wildman–Crippen MR) is 72.3 cm³/mol. The Hall–Kier alpha value is -0.430. The first-order chi connectivity index (χ1) is 7.62. The van der Waals surface area contributed by atoms with Crippen LogP contribution in [0.15, 0.2) is 27.6 Å². The minimum atomic E-state index is -3.49. The molecule has 0 unspecified atom stereocenters. The van der Waals surface area contributed by atoms with Gasteiger partial charge in [0.1, 0.15) is 0 Å². The van der Waals surface area contributed by atoms with Gasteiger partial charge in [-0.1, -0.05) is 15.9 Å². The van der Waals surface area contributed by atoms with Gasteiger partial charge in [0, 0.05) is 16.6 Å². The highest BCUT2D eigenvalue weighted by atomic mass is 79.9. The van der Waals surface area contributed by atoms with Crippen LogP contribution >= 0.6 is 15.9 Å². The molecule has 1 aromatic carbocycles. The van der Waals surface area contributed by atoms with Crippen LogP contribution in [-0.2, 0) is 10.0 Å². The second-order valence-corrected chi connectivity index (χ2v) is 7.37. The van der Waals surface area contributed by atoms with Gasteiger partial charge in [0.25, 0.3) is 0 Å². The van der Waals surface area contributed by atoms with E-state index in [1.54, 1.807) is 39.0 Å². The molecule has 0 atom stereocenters. The maximum Gasteiger partial charge on any atom is 0.240 e. The molecule has 0 aliphatic heterocycles. The Balaban J connectivity index is 2.98. The maximum absolute atomic E-state index is 12.0. The van der Waals surface area contributed by atoms with Crippen molar-refractivity contribution in [1.29, 1.82) is 0 Å². The monoisotopic (exact) mass is 320 g/mol. The zero-order valence-electron chi connectivity index (χ0n) is 10.1. The maximum atomic E-state index is 12.0. The highest BCUT2D eigenvalue weighted by molar-refractivity contribution is 9.10. The van der Waals surface area contributed by atoms with Gasteiger partial charge in [-0.2, -0.15) is 0 Å². The third kappa shape index (κ3) is 4.39. The molecule has 0 heterocycles. The highest BCUT2D eigenvalue weighted by Gasteiger charge is 2.20. The van der Waals surface area contributed by atoms with E-state index < -0.39 is 15.6 Å². The molecule has 0 aromatic heterocycles. The van der Waals surface area contributed by atoms with Gasteiger partial charge < -0.3 is 5.73 Å². The van der Waals surface area contributed by atoms with E-state index in [-0.39, 0.29) is 11.4 Å². The quantitative estimate of drug-likeness (QED) is 0.888. The number of benzene rings is 1. The van der Waals surface area contributed by atoms with Gasteiger partial charge in [0.05, 0.1) is 4.90 Å². The molecular formula is C11H17BrN2O2S. The summed E-state index contributed by atoms with van der Waals surface area (Å²) in [5.41, 5.74) is 5.87. The lowest BCUT2D eigenvalue weighted by Gasteiger charge is -2.19. The SMILES string of the molecule is Cc1cc(Br)ccc1S(=O)(=O)NCC(C)(C)N. The lowest BCUT2D eigenvalue weighted by atomic mass is 10.1. The molecular weight excluding hydrogens is 304 g/mol. The van der Waals surface area contributed by atoms with Gasteiger partial charge >= 0.3 is 0 Å². The molecule has 4 nitrogen and oxygen atoms in total. The zero-order valence-corrected chi connectivity index (χ0v) is 12.5. The molecule has 6 heteroatoms. The summed E-state index contributed by atoms with van der Waals surface area (Å²) in [6.07, 6.45) is 0. The Labute approximate surface area is 111 Å². The van der Waals surface area contributed by atoms with Gasteiger partial charge in [-0.3, -0.25) is 0 Å². The van der Waals surface area contributed by atoms with Crippen molar-refractivity contribution in [3.05, 3.63) is 28.2 Å². The molecule has 1 rings (SSSR count). The number of nitrogens with two attached hydrogens (primary N) is 1. The second-order valence-electron chi connectivity index (χ2n) is 4.72. The van der Waals surface area contributed by atoms with E-state index in [4.69, 9.17) is 5.73 Å². The third-order valence-corrected chi connectivity index (χ3v) is 4.20. The summed E-state index contributed by atoms with van der Waals surface area (Å²) in [7, 11) is -3.49. The summed E-state index contributed by atoms with van der Waals surface area (Å²) >= 11 is 3.30. The summed E-state index contributed by atoms with van der Waals surface area (Å²) in [6.45, 7) is 5.49. The molecule has 1 aromatic rings. The third-order valence-electron chi connectivity index (χ3n) is 2.14. The first-order valence-electron chi connectivity index (χ1n) is 5.16. The van der Waals surface area contributed by atoms with Crippen molar-refractivity contribution in [2.45, 2.75) is 31.2 Å². The Morgan fingerprint density at radius 1 is 1.41 bits per heavy atom. The van der Waals surface area contributed by atoms with E-state index in [1.807, 2.05) is 0 Å². The van der Waals surface area contributed by atoms with E-state index in [1.165, 1.54) is 0 Å². The molecule has 96 valence electrons. The van der Waals surface area contributed by atoms with Gasteiger partial charge in [0.15, 0.2) is 0 Å². The first kappa shape index (κ1) is 14.6. The van der Waals surface area contributed by atoms with Crippen LogP contribution in [-0.4, -0.2) is 20.5 Å². The van der Waals surface area contributed by atoms with Crippen LogP contribution in [0.25, 0.3) is 0 Å². The summed E-state index contributed by atoms with van der Waals surface area (Å²) in [4.78, 5) is 0.282. The molecule has 0 saturated carbocycles. The van der Waals surface area contributed by atoms with Crippen LogP contribution in [0.5, 0.6) is 0 Å². The second kappa shape index (κ2) is 5.06. The van der Waals surface area contributed by atoms with Crippen LogP contribution in [0, 0.1) is 6.92 Å². The number of nitrogens with one attached hydrogen (secondary N) is 1. The Morgan fingerprint density at radius 3 is 2.47 bits per heavy atom. The molecule has 0 bridgehead atoms. The van der Waals surface area contributed by atoms with Crippen molar-refractivity contribution >= 4 is 26.0 Å². The first-order valence-corrected chi connectivity index (χ1v) is 7.44. The Kier molecular flexibility index (Phi) is 4.35. The minimum absolute atomic E-state index is 0.199. The van der Waals surface area contributed by atoms with Gasteiger partial charge in [-0.05, 0) is 44.5 Å². The van der Waals surface area contributed by atoms with Gasteiger partial charge in [0.2, 0.25) is 10.0 Å². The van der Waals surface area contributed by atoms with Gasteiger partial charge in [-0.25, -0.2) is 13.1 Å². The minimum Gasteiger partial charge on any atom is -0.324 e. The van der Waals surface area contributed by atoms with E-state index in [2.05, 4.69) is 20.7 Å². The van der Waals surface area contributed by atoms with Crippen LogP contribution in [0.4, 0.5) is 0 Å². The van der Waals surface area contributed by atoms with Crippen molar-refractivity contribution in [3.8, 4) is 0 Å². The summed E-state index contributed by atoms with van der Waals surface area (Å²) in [5, 5.41) is 0. The Morgan fingerprint density at radius 2 is 2.00 bits per heavy atom. The van der Waals surface area contributed by atoms with Gasteiger partial charge in [-0.15, -0.1) is 0 Å². The summed E-state index contributed by atoms with van der Waals surface area (Å²) < 4.78 is 27.4. The average Bonchev–Trinajstić information content (AvgIpc) is 2.13. The number of rotatable bonds is 4. The lowest BCUT2D eigenvalue weighted by Crippen LogP contribution is -2.45. The fraction of sp³-hybridized carbons (Fsp3) is 0.455. The fourth-order valence-corrected chi connectivity index (χ4v) is 3.20. The van der Waals surface area contributed by atoms with E-state index >= 15 is 0 Å². The van der Waals surface area contributed by atoms with Crippen LogP contribution < -0.4 is 10.5 Å². The number of sulfonamides is 1. The Bertz CT molecular complexity index is 507. The van der Waals surface area contributed by atoms with E-state index in [9.17, 15) is 8.42 Å². The molecule has 0 aliphatic carbocycles. The summed E-state index contributed by atoms with van der Waals surface area (Å²) in [5.74, 6) is 0. The highest BCUT2D eigenvalue weighted by Crippen LogP contribution is 2.19. The largest absolute Gasteiger partial charge is 0.324 e. The smallest absolute Gasteiger partial charge is 0.240 e. The van der Waals surface area contributed by atoms with Crippen LogP contribution in [0.3, 0.4) is 0 Å². The fourth-order valence-electron chi connectivity index (χ4n) is 1.27. The number of hydrogen-bond donors (Lipinski definition) is 2. The van der Waals surface area contributed by atoms with Crippen molar-refractivity contribution < 1.29 is 8.42 Å². The van der Waals surface area contributed by atoms with Crippen molar-refractivity contribution in [1.82, 2.24) is 4.72 Å². The van der Waals surface area contributed by atoms with Crippen molar-refractivity contribution in [3.63, 3.8) is 0 Å². The average molecular weight is 321 g/mol. The molecule has 0 spiro atoms. The number of hydrogen-bond acceptors (Lipinski definition) is 3. The molecule has 0 amide bonds. The van der Waals surface area contributed by atoms with Crippen LogP contribution in [0.2, 0.25) is 0 Å². The summed E-state index contributed by atoms with van der Waals surface area (Å²) in [6, 6.07) is 5.04. The van der Waals surface area contributed by atoms with Crippen molar-refractivity contribution in [2.24, 2.45) is 5.73 Å². The topological polar surface area (TPSA) is 72.2 Å². The molecule has 0 radical (unpaired) electrons. The molecule has 0 aliphatic rings. The van der Waals surface area contributed by atoms with E-state index in [0.29, 0.717) is 5.56 Å². The van der Waals surface area contributed by atoms with E-state index in [0.717, 1.165) is 4.47 Å². The van der Waals surface area contributed by atoms with Crippen LogP contribution in [0.1, 0.15) is 19.4 Å². The number of aryl methyl sites for hydroxylation is 1. The standard InChI is InChI=1S/C11H17BrN2O2S/c1-8-6-9(12)4-5-10(8)17(15,16)14-7-11(2,3)13/h4-6,14H,7,13H2,1-3H3. The predicted octanol–water partition coefficient (Wildman–Crippen LogP) is 1.77. The van der Waals surface area contributed by atoms with Crippen molar-refractivity contribution in [2.75, 3.05) is 6.54 Å². The normalized spacial score (nSPS) is 12.8. The molecule has 17 heavy (non-hydrogen) atoms. The molecule has 0 fully saturated rings. The molecule has 3 N–H and O–H groups in total. The molecule has 0 saturated heterocycles. The lowest BCUT2D eigenvalue weighted by molar-refractivity contribution is 0.497. The number of halogens is 1. The zero-order chi connectivity index (χ0) is 13.3.